The minimum atomic E-state index is -0.175. The van der Waals surface area contributed by atoms with Crippen LogP contribution >= 0.6 is 0 Å². The lowest BCUT2D eigenvalue weighted by Crippen LogP contribution is -2.41. The molecule has 0 aromatic heterocycles. The van der Waals surface area contributed by atoms with Crippen LogP contribution in [0.5, 0.6) is 0 Å². The van der Waals surface area contributed by atoms with Crippen LogP contribution in [0.3, 0.4) is 0 Å². The summed E-state index contributed by atoms with van der Waals surface area (Å²) in [6, 6.07) is 8.69. The molecule has 0 spiro atoms. The lowest BCUT2D eigenvalue weighted by Gasteiger charge is -2.33. The van der Waals surface area contributed by atoms with Crippen LogP contribution in [0.4, 0.5) is 0 Å². The van der Waals surface area contributed by atoms with Crippen molar-refractivity contribution in [3.05, 3.63) is 35.4 Å². The molecule has 0 radical (unpaired) electrons. The number of hydrogen-bond donors (Lipinski definition) is 1. The van der Waals surface area contributed by atoms with Gasteiger partial charge in [0, 0.05) is 5.54 Å². The summed E-state index contributed by atoms with van der Waals surface area (Å²) < 4.78 is 0. The van der Waals surface area contributed by atoms with Gasteiger partial charge in [-0.15, -0.1) is 0 Å². The van der Waals surface area contributed by atoms with Gasteiger partial charge in [0.25, 0.3) is 0 Å². The van der Waals surface area contributed by atoms with Gasteiger partial charge in [0.1, 0.15) is 0 Å². The van der Waals surface area contributed by atoms with Crippen molar-refractivity contribution < 1.29 is 0 Å². The zero-order valence-electron chi connectivity index (χ0n) is 10.4. The Bertz CT molecular complexity index is 317. The van der Waals surface area contributed by atoms with E-state index in [1.807, 2.05) is 0 Å². The summed E-state index contributed by atoms with van der Waals surface area (Å²) >= 11 is 0. The first-order valence-electron chi connectivity index (χ1n) is 5.92. The topological polar surface area (TPSA) is 26.0 Å². The van der Waals surface area contributed by atoms with E-state index >= 15 is 0 Å². The largest absolute Gasteiger partial charge is 0.321 e. The highest BCUT2D eigenvalue weighted by atomic mass is 14.7. The highest BCUT2D eigenvalue weighted by Crippen LogP contribution is 2.30. The normalized spacial score (nSPS) is 15.3. The van der Waals surface area contributed by atoms with Crippen LogP contribution in [0.15, 0.2) is 24.3 Å². The Morgan fingerprint density at radius 1 is 1.27 bits per heavy atom. The summed E-state index contributed by atoms with van der Waals surface area (Å²) in [4.78, 5) is 0. The van der Waals surface area contributed by atoms with Crippen LogP contribution in [0.1, 0.15) is 45.2 Å². The first-order valence-corrected chi connectivity index (χ1v) is 5.92. The molecule has 1 aromatic rings. The second-order valence-corrected chi connectivity index (χ2v) is 4.60. The number of aryl methyl sites for hydroxylation is 1. The van der Waals surface area contributed by atoms with Crippen molar-refractivity contribution >= 4 is 0 Å². The van der Waals surface area contributed by atoms with E-state index in [2.05, 4.69) is 52.0 Å². The van der Waals surface area contributed by atoms with Gasteiger partial charge >= 0.3 is 0 Å². The second-order valence-electron chi connectivity index (χ2n) is 4.60. The van der Waals surface area contributed by atoms with Crippen molar-refractivity contribution in [3.8, 4) is 0 Å². The molecule has 0 aliphatic heterocycles. The van der Waals surface area contributed by atoms with Crippen molar-refractivity contribution in [3.63, 3.8) is 0 Å². The zero-order valence-corrected chi connectivity index (χ0v) is 10.4. The van der Waals surface area contributed by atoms with Crippen LogP contribution in [-0.2, 0) is 12.0 Å². The second kappa shape index (κ2) is 4.80. The van der Waals surface area contributed by atoms with Gasteiger partial charge in [-0.3, -0.25) is 0 Å². The first kappa shape index (κ1) is 12.3. The summed E-state index contributed by atoms with van der Waals surface area (Å²) in [5.74, 6) is 0.467. The maximum atomic E-state index is 6.48. The van der Waals surface area contributed by atoms with Crippen LogP contribution in [0, 0.1) is 5.92 Å². The number of benzene rings is 1. The fraction of sp³-hybridized carbons (Fsp3) is 0.571. The van der Waals surface area contributed by atoms with Crippen LogP contribution in [0.2, 0.25) is 0 Å². The number of rotatable bonds is 4. The van der Waals surface area contributed by atoms with E-state index in [0.717, 1.165) is 12.8 Å². The molecule has 15 heavy (non-hydrogen) atoms. The summed E-state index contributed by atoms with van der Waals surface area (Å²) in [5.41, 5.74) is 8.96. The fourth-order valence-electron chi connectivity index (χ4n) is 2.03. The molecule has 0 amide bonds. The average molecular weight is 205 g/mol. The van der Waals surface area contributed by atoms with Gasteiger partial charge in [-0.25, -0.2) is 0 Å². The lowest BCUT2D eigenvalue weighted by molar-refractivity contribution is 0.306. The minimum Gasteiger partial charge on any atom is -0.321 e. The van der Waals surface area contributed by atoms with Crippen molar-refractivity contribution in [2.24, 2.45) is 11.7 Å². The first-order chi connectivity index (χ1) is 7.04. The van der Waals surface area contributed by atoms with Crippen LogP contribution < -0.4 is 5.73 Å². The zero-order chi connectivity index (χ0) is 11.5. The molecule has 0 fully saturated rings. The molecule has 1 unspecified atom stereocenters. The standard InChI is InChI=1S/C14H23N/c1-5-12-8-7-9-13(10-12)14(15,6-2)11(3)4/h7-11H,5-6,15H2,1-4H3. The van der Waals surface area contributed by atoms with Gasteiger partial charge in [0.2, 0.25) is 0 Å². The highest BCUT2D eigenvalue weighted by Gasteiger charge is 2.28. The molecule has 1 heteroatoms. The van der Waals surface area contributed by atoms with Gasteiger partial charge in [0.15, 0.2) is 0 Å². The number of nitrogens with two attached hydrogens (primary N) is 1. The molecule has 0 heterocycles. The third-order valence-electron chi connectivity index (χ3n) is 3.49. The molecule has 0 bridgehead atoms. The Hall–Kier alpha value is -0.820. The van der Waals surface area contributed by atoms with E-state index in [-0.39, 0.29) is 5.54 Å². The van der Waals surface area contributed by atoms with Gasteiger partial charge in [-0.05, 0) is 29.9 Å². The molecule has 84 valence electrons. The smallest absolute Gasteiger partial charge is 0.0430 e. The monoisotopic (exact) mass is 205 g/mol. The Morgan fingerprint density at radius 3 is 2.40 bits per heavy atom. The van der Waals surface area contributed by atoms with E-state index in [1.165, 1.54) is 11.1 Å². The molecule has 1 rings (SSSR count). The molecule has 1 atom stereocenters. The van der Waals surface area contributed by atoms with Gasteiger partial charge in [-0.2, -0.15) is 0 Å². The molecular formula is C14H23N. The third-order valence-corrected chi connectivity index (χ3v) is 3.49. The molecule has 1 aromatic carbocycles. The molecule has 0 saturated carbocycles. The highest BCUT2D eigenvalue weighted by molar-refractivity contribution is 5.29. The van der Waals surface area contributed by atoms with E-state index < -0.39 is 0 Å². The van der Waals surface area contributed by atoms with Crippen molar-refractivity contribution in [2.75, 3.05) is 0 Å². The SMILES string of the molecule is CCc1cccc(C(N)(CC)C(C)C)c1. The Morgan fingerprint density at radius 2 is 1.93 bits per heavy atom. The average Bonchev–Trinajstić information content (AvgIpc) is 2.27. The predicted molar refractivity (Wildman–Crippen MR) is 66.8 cm³/mol. The van der Waals surface area contributed by atoms with Crippen molar-refractivity contribution in [2.45, 2.75) is 46.1 Å². The molecule has 2 N–H and O–H groups in total. The predicted octanol–water partition coefficient (Wildman–Crippen LogP) is 3.47. The Balaban J connectivity index is 3.12. The number of hydrogen-bond acceptors (Lipinski definition) is 1. The van der Waals surface area contributed by atoms with Gasteiger partial charge in [-0.1, -0.05) is 52.0 Å². The van der Waals surface area contributed by atoms with Crippen molar-refractivity contribution in [1.29, 1.82) is 0 Å². The molecular weight excluding hydrogens is 182 g/mol. The maximum Gasteiger partial charge on any atom is 0.0430 e. The van der Waals surface area contributed by atoms with Crippen molar-refractivity contribution in [1.82, 2.24) is 0 Å². The summed E-state index contributed by atoms with van der Waals surface area (Å²) in [6.45, 7) is 8.74. The molecule has 1 nitrogen and oxygen atoms in total. The lowest BCUT2D eigenvalue weighted by atomic mass is 9.78. The van der Waals surface area contributed by atoms with Gasteiger partial charge in [0.05, 0.1) is 0 Å². The summed E-state index contributed by atoms with van der Waals surface area (Å²) in [7, 11) is 0. The quantitative estimate of drug-likeness (QED) is 0.800. The Kier molecular flexibility index (Phi) is 3.92. The van der Waals surface area contributed by atoms with E-state index in [0.29, 0.717) is 5.92 Å². The molecule has 0 aliphatic rings. The van der Waals surface area contributed by atoms with E-state index in [9.17, 15) is 0 Å². The minimum absolute atomic E-state index is 0.175. The fourth-order valence-corrected chi connectivity index (χ4v) is 2.03. The molecule has 0 saturated heterocycles. The maximum absolute atomic E-state index is 6.48. The third kappa shape index (κ3) is 2.40. The Labute approximate surface area is 93.7 Å². The van der Waals surface area contributed by atoms with Gasteiger partial charge < -0.3 is 5.73 Å². The summed E-state index contributed by atoms with van der Waals surface area (Å²) in [6.07, 6.45) is 2.06. The van der Waals surface area contributed by atoms with E-state index in [4.69, 9.17) is 5.73 Å². The molecule has 0 aliphatic carbocycles. The van der Waals surface area contributed by atoms with Crippen LogP contribution in [-0.4, -0.2) is 0 Å². The van der Waals surface area contributed by atoms with E-state index in [1.54, 1.807) is 0 Å². The summed E-state index contributed by atoms with van der Waals surface area (Å²) in [5, 5.41) is 0. The van der Waals surface area contributed by atoms with Crippen LogP contribution in [0.25, 0.3) is 0 Å².